The zero-order valence-corrected chi connectivity index (χ0v) is 14.7. The van der Waals surface area contributed by atoms with Crippen molar-refractivity contribution in [1.82, 2.24) is 5.43 Å². The van der Waals surface area contributed by atoms with Crippen LogP contribution in [0.3, 0.4) is 0 Å². The van der Waals surface area contributed by atoms with E-state index in [2.05, 4.69) is 10.5 Å². The van der Waals surface area contributed by atoms with Crippen LogP contribution in [0.25, 0.3) is 11.0 Å². The molecule has 3 rings (SSSR count). The van der Waals surface area contributed by atoms with Gasteiger partial charge in [0.1, 0.15) is 28.6 Å². The van der Waals surface area contributed by atoms with Crippen molar-refractivity contribution in [2.24, 2.45) is 5.10 Å². The molecule has 0 aliphatic carbocycles. The number of rotatable bonds is 5. The van der Waals surface area contributed by atoms with Crippen LogP contribution in [0.1, 0.15) is 24.0 Å². The standard InChI is InChI=1S/C19H18N2O5/c1-11-8-19(23)26-17-9-14(5-6-15(11)17)24-10-18(22)21-20-13(3)16-7-4-12(2)25-16/h4-9H,10H2,1-3H3,(H,21,22)/b20-13-. The Balaban J connectivity index is 1.62. The van der Waals surface area contributed by atoms with Gasteiger partial charge in [-0.2, -0.15) is 5.10 Å². The topological polar surface area (TPSA) is 94.0 Å². The van der Waals surface area contributed by atoms with Crippen molar-refractivity contribution in [2.75, 3.05) is 6.61 Å². The summed E-state index contributed by atoms with van der Waals surface area (Å²) in [6.07, 6.45) is 0. The molecule has 2 heterocycles. The number of benzene rings is 1. The summed E-state index contributed by atoms with van der Waals surface area (Å²) >= 11 is 0. The number of carbonyl (C=O) groups is 1. The number of amides is 1. The van der Waals surface area contributed by atoms with Gasteiger partial charge in [0.05, 0.1) is 0 Å². The fourth-order valence-corrected chi connectivity index (χ4v) is 2.41. The van der Waals surface area contributed by atoms with Crippen LogP contribution in [0.2, 0.25) is 0 Å². The maximum Gasteiger partial charge on any atom is 0.336 e. The Morgan fingerprint density at radius 1 is 1.15 bits per heavy atom. The molecule has 2 aromatic heterocycles. The molecule has 0 saturated heterocycles. The second-order valence-corrected chi connectivity index (χ2v) is 5.84. The molecule has 1 N–H and O–H groups in total. The van der Waals surface area contributed by atoms with E-state index in [4.69, 9.17) is 13.6 Å². The van der Waals surface area contributed by atoms with Gasteiger partial charge in [0.25, 0.3) is 5.91 Å². The van der Waals surface area contributed by atoms with Crippen LogP contribution in [0.4, 0.5) is 0 Å². The van der Waals surface area contributed by atoms with E-state index < -0.39 is 11.5 Å². The average molecular weight is 354 g/mol. The van der Waals surface area contributed by atoms with Gasteiger partial charge in [0.15, 0.2) is 6.61 Å². The van der Waals surface area contributed by atoms with Crippen LogP contribution in [0.5, 0.6) is 5.75 Å². The third-order valence-electron chi connectivity index (χ3n) is 3.74. The van der Waals surface area contributed by atoms with E-state index in [-0.39, 0.29) is 6.61 Å². The smallest absolute Gasteiger partial charge is 0.336 e. The van der Waals surface area contributed by atoms with Gasteiger partial charge in [-0.05, 0) is 50.6 Å². The maximum atomic E-state index is 11.9. The van der Waals surface area contributed by atoms with Gasteiger partial charge >= 0.3 is 5.63 Å². The molecule has 0 aliphatic heterocycles. The third-order valence-corrected chi connectivity index (χ3v) is 3.74. The van der Waals surface area contributed by atoms with Gasteiger partial charge in [-0.15, -0.1) is 0 Å². The minimum atomic E-state index is -0.428. The lowest BCUT2D eigenvalue weighted by atomic mass is 10.1. The lowest BCUT2D eigenvalue weighted by Gasteiger charge is -2.07. The van der Waals surface area contributed by atoms with Crippen LogP contribution >= 0.6 is 0 Å². The second kappa shape index (κ2) is 7.26. The highest BCUT2D eigenvalue weighted by molar-refractivity contribution is 5.96. The zero-order valence-electron chi connectivity index (χ0n) is 14.7. The summed E-state index contributed by atoms with van der Waals surface area (Å²) < 4.78 is 16.0. The first-order valence-electron chi connectivity index (χ1n) is 7.99. The molecule has 1 aromatic carbocycles. The fraction of sp³-hybridized carbons (Fsp3) is 0.211. The van der Waals surface area contributed by atoms with E-state index in [1.807, 2.05) is 19.9 Å². The summed E-state index contributed by atoms with van der Waals surface area (Å²) in [6.45, 7) is 5.16. The highest BCUT2D eigenvalue weighted by Gasteiger charge is 2.07. The predicted octanol–water partition coefficient (Wildman–Crippen LogP) is 2.92. The van der Waals surface area contributed by atoms with Crippen LogP contribution in [0, 0.1) is 13.8 Å². The average Bonchev–Trinajstić information content (AvgIpc) is 3.04. The number of nitrogens with zero attached hydrogens (tertiary/aromatic N) is 1. The lowest BCUT2D eigenvalue weighted by molar-refractivity contribution is -0.123. The minimum absolute atomic E-state index is 0.227. The van der Waals surface area contributed by atoms with Crippen LogP contribution < -0.4 is 15.8 Å². The molecule has 0 bridgehead atoms. The first kappa shape index (κ1) is 17.5. The summed E-state index contributed by atoms with van der Waals surface area (Å²) in [5.41, 5.74) is 3.76. The number of hydrogen-bond donors (Lipinski definition) is 1. The molecular weight excluding hydrogens is 336 g/mol. The quantitative estimate of drug-likeness (QED) is 0.432. The first-order valence-corrected chi connectivity index (χ1v) is 7.99. The van der Waals surface area contributed by atoms with Crippen molar-refractivity contribution in [3.63, 3.8) is 0 Å². The Kier molecular flexibility index (Phi) is 4.88. The number of nitrogens with one attached hydrogen (secondary N) is 1. The highest BCUT2D eigenvalue weighted by atomic mass is 16.5. The van der Waals surface area contributed by atoms with E-state index >= 15 is 0 Å². The number of carbonyl (C=O) groups excluding carboxylic acids is 1. The molecule has 7 heteroatoms. The third kappa shape index (κ3) is 4.00. The minimum Gasteiger partial charge on any atom is -0.484 e. The van der Waals surface area contributed by atoms with Gasteiger partial charge < -0.3 is 13.6 Å². The summed E-state index contributed by atoms with van der Waals surface area (Å²) in [6, 6.07) is 10.1. The summed E-state index contributed by atoms with van der Waals surface area (Å²) in [7, 11) is 0. The van der Waals surface area contributed by atoms with E-state index in [0.717, 1.165) is 16.7 Å². The molecule has 0 unspecified atom stereocenters. The normalized spacial score (nSPS) is 11.6. The van der Waals surface area contributed by atoms with Crippen molar-refractivity contribution >= 4 is 22.6 Å². The number of aryl methyl sites for hydroxylation is 2. The molecule has 0 saturated carbocycles. The number of hydrazone groups is 1. The Hall–Kier alpha value is -3.35. The van der Waals surface area contributed by atoms with Crippen molar-refractivity contribution in [3.8, 4) is 5.75 Å². The molecule has 0 atom stereocenters. The molecule has 3 aromatic rings. The number of hydrogen-bond acceptors (Lipinski definition) is 6. The molecule has 0 fully saturated rings. The first-order chi connectivity index (χ1) is 12.4. The van der Waals surface area contributed by atoms with E-state index in [0.29, 0.717) is 22.8 Å². The lowest BCUT2D eigenvalue weighted by Crippen LogP contribution is -2.25. The van der Waals surface area contributed by atoms with Crippen LogP contribution in [0.15, 0.2) is 55.1 Å². The van der Waals surface area contributed by atoms with E-state index in [1.54, 1.807) is 31.2 Å². The highest BCUT2D eigenvalue weighted by Crippen LogP contribution is 2.22. The Morgan fingerprint density at radius 3 is 2.69 bits per heavy atom. The van der Waals surface area contributed by atoms with E-state index in [1.165, 1.54) is 6.07 Å². The molecule has 1 amide bonds. The molecule has 7 nitrogen and oxygen atoms in total. The molecule has 0 spiro atoms. The van der Waals surface area contributed by atoms with Crippen molar-refractivity contribution < 1.29 is 18.4 Å². The van der Waals surface area contributed by atoms with Crippen molar-refractivity contribution in [1.29, 1.82) is 0 Å². The van der Waals surface area contributed by atoms with Crippen molar-refractivity contribution in [2.45, 2.75) is 20.8 Å². The van der Waals surface area contributed by atoms with Crippen LogP contribution in [-0.4, -0.2) is 18.2 Å². The number of ether oxygens (including phenoxy) is 1. The monoisotopic (exact) mass is 354 g/mol. The molecule has 0 aliphatic rings. The summed E-state index contributed by atoms with van der Waals surface area (Å²) in [5.74, 6) is 1.35. The summed E-state index contributed by atoms with van der Waals surface area (Å²) in [4.78, 5) is 23.3. The van der Waals surface area contributed by atoms with Gasteiger partial charge in [-0.25, -0.2) is 10.2 Å². The van der Waals surface area contributed by atoms with Gasteiger partial charge in [0.2, 0.25) is 0 Å². The number of furan rings is 1. The molecule has 26 heavy (non-hydrogen) atoms. The number of fused-ring (bicyclic) bond motifs is 1. The van der Waals surface area contributed by atoms with Gasteiger partial charge in [-0.3, -0.25) is 4.79 Å². The Labute approximate surface area is 149 Å². The van der Waals surface area contributed by atoms with Gasteiger partial charge in [-0.1, -0.05) is 0 Å². The Morgan fingerprint density at radius 2 is 1.96 bits per heavy atom. The van der Waals surface area contributed by atoms with Gasteiger partial charge in [0, 0.05) is 17.5 Å². The maximum absolute atomic E-state index is 11.9. The van der Waals surface area contributed by atoms with E-state index in [9.17, 15) is 9.59 Å². The van der Waals surface area contributed by atoms with Crippen molar-refractivity contribution in [3.05, 3.63) is 63.9 Å². The predicted molar refractivity (Wildman–Crippen MR) is 96.5 cm³/mol. The largest absolute Gasteiger partial charge is 0.484 e. The Bertz CT molecular complexity index is 1050. The molecule has 134 valence electrons. The second-order valence-electron chi connectivity index (χ2n) is 5.84. The SMILES string of the molecule is C/C(=N/NC(=O)COc1ccc2c(C)cc(=O)oc2c1)c1ccc(C)o1. The zero-order chi connectivity index (χ0) is 18.7. The van der Waals surface area contributed by atoms with Crippen LogP contribution in [-0.2, 0) is 4.79 Å². The molecular formula is C19H18N2O5. The fourth-order valence-electron chi connectivity index (χ4n) is 2.41. The molecule has 0 radical (unpaired) electrons. The summed E-state index contributed by atoms with van der Waals surface area (Å²) in [5, 5.41) is 4.79.